The van der Waals surface area contributed by atoms with E-state index in [0.717, 1.165) is 5.39 Å². The molecule has 0 saturated heterocycles. The van der Waals surface area contributed by atoms with Gasteiger partial charge in [0.2, 0.25) is 0 Å². The number of carbonyl (C=O) groups is 1. The summed E-state index contributed by atoms with van der Waals surface area (Å²) in [5.74, 6) is -1.02. The van der Waals surface area contributed by atoms with Crippen LogP contribution in [0.4, 0.5) is 0 Å². The lowest BCUT2D eigenvalue weighted by Crippen LogP contribution is -2.24. The summed E-state index contributed by atoms with van der Waals surface area (Å²) in [6.07, 6.45) is 3.34. The fourth-order valence-corrected chi connectivity index (χ4v) is 1.78. The average Bonchev–Trinajstić information content (AvgIpc) is 2.65. The van der Waals surface area contributed by atoms with Crippen molar-refractivity contribution in [1.82, 2.24) is 9.13 Å². The first kappa shape index (κ1) is 10.5. The third-order valence-corrected chi connectivity index (χ3v) is 2.54. The molecule has 2 aromatic heterocycles. The van der Waals surface area contributed by atoms with E-state index in [4.69, 9.17) is 5.11 Å². The highest BCUT2D eigenvalue weighted by Crippen LogP contribution is 2.10. The van der Waals surface area contributed by atoms with E-state index in [9.17, 15) is 9.59 Å². The number of aromatic nitrogens is 2. The Hall–Kier alpha value is -2.04. The monoisotopic (exact) mass is 220 g/mol. The van der Waals surface area contributed by atoms with Crippen LogP contribution in [0.5, 0.6) is 0 Å². The first-order chi connectivity index (χ1) is 7.63. The number of carboxylic acids is 1. The van der Waals surface area contributed by atoms with Gasteiger partial charge in [-0.25, -0.2) is 0 Å². The molecular weight excluding hydrogens is 208 g/mol. The van der Waals surface area contributed by atoms with E-state index in [0.29, 0.717) is 12.1 Å². The molecule has 0 fully saturated rings. The van der Waals surface area contributed by atoms with Gasteiger partial charge in [-0.05, 0) is 19.1 Å². The van der Waals surface area contributed by atoms with Gasteiger partial charge < -0.3 is 14.2 Å². The highest BCUT2D eigenvalue weighted by atomic mass is 16.4. The Morgan fingerprint density at radius 2 is 1.94 bits per heavy atom. The molecule has 0 aliphatic heterocycles. The van der Waals surface area contributed by atoms with Crippen LogP contribution in [0, 0.1) is 0 Å². The number of carboxylic acid groups (broad SMARTS) is 1. The van der Waals surface area contributed by atoms with Crippen molar-refractivity contribution in [3.8, 4) is 0 Å². The second-order valence-corrected chi connectivity index (χ2v) is 3.55. The smallest absolute Gasteiger partial charge is 0.323 e. The van der Waals surface area contributed by atoms with E-state index in [2.05, 4.69) is 0 Å². The van der Waals surface area contributed by atoms with Gasteiger partial charge in [0.15, 0.2) is 0 Å². The lowest BCUT2D eigenvalue weighted by molar-refractivity contribution is -0.137. The molecule has 0 spiro atoms. The van der Waals surface area contributed by atoms with Crippen molar-refractivity contribution < 1.29 is 9.90 Å². The minimum Gasteiger partial charge on any atom is -0.480 e. The molecule has 16 heavy (non-hydrogen) atoms. The van der Waals surface area contributed by atoms with Crippen LogP contribution < -0.4 is 5.56 Å². The number of rotatable bonds is 3. The molecule has 0 aliphatic rings. The molecule has 0 atom stereocenters. The molecule has 0 radical (unpaired) electrons. The fraction of sp³-hybridized carbons (Fsp3) is 0.273. The van der Waals surface area contributed by atoms with E-state index in [-0.39, 0.29) is 12.1 Å². The first-order valence-corrected chi connectivity index (χ1v) is 5.03. The van der Waals surface area contributed by atoms with Crippen molar-refractivity contribution in [2.75, 3.05) is 0 Å². The van der Waals surface area contributed by atoms with Gasteiger partial charge >= 0.3 is 5.97 Å². The number of nitrogens with zero attached hydrogens (tertiary/aromatic N) is 2. The van der Waals surface area contributed by atoms with E-state index >= 15 is 0 Å². The quantitative estimate of drug-likeness (QED) is 0.836. The first-order valence-electron chi connectivity index (χ1n) is 5.03. The summed E-state index contributed by atoms with van der Waals surface area (Å²) in [4.78, 5) is 22.6. The molecule has 0 saturated carbocycles. The third-order valence-electron chi connectivity index (χ3n) is 2.54. The van der Waals surface area contributed by atoms with Crippen molar-refractivity contribution in [3.63, 3.8) is 0 Å². The molecule has 5 heteroatoms. The van der Waals surface area contributed by atoms with E-state index < -0.39 is 5.97 Å². The summed E-state index contributed by atoms with van der Waals surface area (Å²) in [6.45, 7) is 2.33. The summed E-state index contributed by atoms with van der Waals surface area (Å²) in [6, 6.07) is 3.61. The van der Waals surface area contributed by atoms with Crippen LogP contribution in [-0.4, -0.2) is 20.2 Å². The van der Waals surface area contributed by atoms with Crippen molar-refractivity contribution in [2.45, 2.75) is 20.0 Å². The summed E-state index contributed by atoms with van der Waals surface area (Å²) in [5, 5.41) is 9.52. The van der Waals surface area contributed by atoms with Crippen molar-refractivity contribution in [1.29, 1.82) is 0 Å². The number of fused-ring (bicyclic) bond motifs is 1. The molecule has 0 bridgehead atoms. The number of hydrogen-bond acceptors (Lipinski definition) is 2. The minimum absolute atomic E-state index is 0.258. The van der Waals surface area contributed by atoms with Gasteiger partial charge in [0.05, 0.1) is 0 Å². The number of hydrogen-bond donors (Lipinski definition) is 1. The molecule has 2 aromatic rings. The van der Waals surface area contributed by atoms with Gasteiger partial charge in [0.1, 0.15) is 12.1 Å². The Bertz CT molecular complexity index is 595. The van der Waals surface area contributed by atoms with E-state index in [1.54, 1.807) is 6.07 Å². The molecule has 0 aliphatic carbocycles. The third kappa shape index (κ3) is 1.60. The maximum absolute atomic E-state index is 12.0. The van der Waals surface area contributed by atoms with Crippen LogP contribution in [-0.2, 0) is 17.9 Å². The Kier molecular flexibility index (Phi) is 2.52. The van der Waals surface area contributed by atoms with Crippen molar-refractivity contribution in [3.05, 3.63) is 34.9 Å². The van der Waals surface area contributed by atoms with Crippen molar-refractivity contribution >= 4 is 16.9 Å². The maximum atomic E-state index is 12.0. The molecule has 2 heterocycles. The maximum Gasteiger partial charge on any atom is 0.323 e. The second-order valence-electron chi connectivity index (χ2n) is 3.55. The van der Waals surface area contributed by atoms with Gasteiger partial charge in [-0.2, -0.15) is 0 Å². The predicted molar refractivity (Wildman–Crippen MR) is 59.5 cm³/mol. The van der Waals surface area contributed by atoms with Crippen LogP contribution in [0.15, 0.2) is 29.3 Å². The van der Waals surface area contributed by atoms with Crippen LogP contribution in [0.2, 0.25) is 0 Å². The summed E-state index contributed by atoms with van der Waals surface area (Å²) in [7, 11) is 0. The Labute approximate surface area is 91.5 Å². The number of pyridine rings is 1. The highest BCUT2D eigenvalue weighted by Gasteiger charge is 2.08. The van der Waals surface area contributed by atoms with Crippen LogP contribution >= 0.6 is 0 Å². The molecule has 5 nitrogen and oxygen atoms in total. The number of aryl methyl sites for hydroxylation is 1. The normalized spacial score (nSPS) is 10.8. The SMILES string of the molecule is CCn1ccc2ccn(CC(=O)O)c(=O)c21. The van der Waals surface area contributed by atoms with Gasteiger partial charge in [-0.15, -0.1) is 0 Å². The molecule has 84 valence electrons. The van der Waals surface area contributed by atoms with Crippen LogP contribution in [0.25, 0.3) is 10.9 Å². The minimum atomic E-state index is -1.02. The topological polar surface area (TPSA) is 64.2 Å². The average molecular weight is 220 g/mol. The molecule has 1 N–H and O–H groups in total. The Morgan fingerprint density at radius 1 is 1.31 bits per heavy atom. The van der Waals surface area contributed by atoms with Gasteiger partial charge in [0, 0.05) is 24.3 Å². The lowest BCUT2D eigenvalue weighted by Gasteiger charge is -2.04. The standard InChI is InChI=1S/C11H12N2O3/c1-2-12-5-3-8-4-6-13(7-9(14)15)11(16)10(8)12/h3-6H,2,7H2,1H3,(H,14,15). The van der Waals surface area contributed by atoms with Gasteiger partial charge in [-0.3, -0.25) is 9.59 Å². The molecule has 2 rings (SSSR count). The van der Waals surface area contributed by atoms with Gasteiger partial charge in [0.25, 0.3) is 5.56 Å². The zero-order valence-electron chi connectivity index (χ0n) is 8.88. The summed E-state index contributed by atoms with van der Waals surface area (Å²) >= 11 is 0. The van der Waals surface area contributed by atoms with Crippen molar-refractivity contribution in [2.24, 2.45) is 0 Å². The molecule has 0 amide bonds. The van der Waals surface area contributed by atoms with Crippen LogP contribution in [0.3, 0.4) is 0 Å². The molecule has 0 unspecified atom stereocenters. The fourth-order valence-electron chi connectivity index (χ4n) is 1.78. The number of aliphatic carboxylic acids is 1. The highest BCUT2D eigenvalue weighted by molar-refractivity contribution is 5.79. The van der Waals surface area contributed by atoms with Gasteiger partial charge in [-0.1, -0.05) is 0 Å². The molecular formula is C11H12N2O3. The molecule has 0 aromatic carbocycles. The Morgan fingerprint density at radius 3 is 2.50 bits per heavy atom. The Balaban J connectivity index is 2.67. The second kappa shape index (κ2) is 3.84. The predicted octanol–water partition coefficient (Wildman–Crippen LogP) is 0.907. The van der Waals surface area contributed by atoms with E-state index in [1.165, 1.54) is 10.8 Å². The van der Waals surface area contributed by atoms with E-state index in [1.807, 2.05) is 23.8 Å². The van der Waals surface area contributed by atoms with Crippen LogP contribution in [0.1, 0.15) is 6.92 Å². The zero-order chi connectivity index (χ0) is 11.7. The summed E-state index contributed by atoms with van der Waals surface area (Å²) < 4.78 is 3.02. The lowest BCUT2D eigenvalue weighted by atomic mass is 10.3. The largest absolute Gasteiger partial charge is 0.480 e. The summed E-state index contributed by atoms with van der Waals surface area (Å²) in [5.41, 5.74) is 0.304. The zero-order valence-corrected chi connectivity index (χ0v) is 8.88.